The topological polar surface area (TPSA) is 47.3 Å². The van der Waals surface area contributed by atoms with Crippen LogP contribution in [-0.2, 0) is 0 Å². The Labute approximate surface area is 85.0 Å². The maximum Gasteiger partial charge on any atom is 0.573 e. The molecule has 1 rings (SSSR count). The van der Waals surface area contributed by atoms with E-state index in [0.29, 0.717) is 13.1 Å². The van der Waals surface area contributed by atoms with Crippen molar-refractivity contribution in [3.63, 3.8) is 0 Å². The van der Waals surface area contributed by atoms with E-state index in [1.807, 2.05) is 0 Å². The number of nitrogens with one attached hydrogen (secondary N) is 1. The number of benzene rings is 1. The minimum absolute atomic E-state index is 0.251. The Morgan fingerprint density at radius 2 is 1.93 bits per heavy atom. The van der Waals surface area contributed by atoms with Crippen LogP contribution in [0.5, 0.6) is 5.75 Å². The van der Waals surface area contributed by atoms with Crippen molar-refractivity contribution in [2.45, 2.75) is 6.36 Å². The molecule has 0 aliphatic rings. The van der Waals surface area contributed by atoms with E-state index in [-0.39, 0.29) is 11.4 Å². The van der Waals surface area contributed by atoms with Crippen LogP contribution in [-0.4, -0.2) is 19.5 Å². The van der Waals surface area contributed by atoms with Crippen LogP contribution in [0.4, 0.5) is 18.9 Å². The molecule has 0 amide bonds. The first-order valence-electron chi connectivity index (χ1n) is 4.31. The molecule has 0 spiro atoms. The van der Waals surface area contributed by atoms with Crippen molar-refractivity contribution in [2.24, 2.45) is 5.73 Å². The van der Waals surface area contributed by atoms with E-state index in [2.05, 4.69) is 10.1 Å². The summed E-state index contributed by atoms with van der Waals surface area (Å²) in [4.78, 5) is 0. The SMILES string of the molecule is NCCNc1ccccc1OC(F)(F)F. The number of halogens is 3. The van der Waals surface area contributed by atoms with Gasteiger partial charge in [0.15, 0.2) is 5.75 Å². The maximum atomic E-state index is 12.0. The van der Waals surface area contributed by atoms with E-state index in [0.717, 1.165) is 0 Å². The molecular weight excluding hydrogens is 209 g/mol. The molecule has 0 aromatic heterocycles. The minimum atomic E-state index is -4.68. The van der Waals surface area contributed by atoms with Crippen LogP contribution in [0.15, 0.2) is 24.3 Å². The summed E-state index contributed by atoms with van der Waals surface area (Å²) in [7, 11) is 0. The first kappa shape index (κ1) is 11.6. The molecule has 3 nitrogen and oxygen atoms in total. The zero-order valence-corrected chi connectivity index (χ0v) is 7.84. The molecule has 3 N–H and O–H groups in total. The fourth-order valence-electron chi connectivity index (χ4n) is 1.03. The largest absolute Gasteiger partial charge is 0.573 e. The van der Waals surface area contributed by atoms with E-state index in [1.165, 1.54) is 18.2 Å². The monoisotopic (exact) mass is 220 g/mol. The van der Waals surface area contributed by atoms with E-state index in [1.54, 1.807) is 6.07 Å². The maximum absolute atomic E-state index is 12.0. The summed E-state index contributed by atoms with van der Waals surface area (Å²) in [6.45, 7) is 0.721. The summed E-state index contributed by atoms with van der Waals surface area (Å²) in [6.07, 6.45) is -4.68. The van der Waals surface area contributed by atoms with Crippen LogP contribution >= 0.6 is 0 Å². The Balaban J connectivity index is 2.77. The molecule has 0 saturated carbocycles. The van der Waals surface area contributed by atoms with Gasteiger partial charge in [0.1, 0.15) is 0 Å². The third-order valence-electron chi connectivity index (χ3n) is 1.57. The number of ether oxygens (including phenoxy) is 1. The third kappa shape index (κ3) is 4.07. The summed E-state index contributed by atoms with van der Waals surface area (Å²) < 4.78 is 39.7. The van der Waals surface area contributed by atoms with E-state index >= 15 is 0 Å². The van der Waals surface area contributed by atoms with Gasteiger partial charge in [-0.2, -0.15) is 0 Å². The lowest BCUT2D eigenvalue weighted by Crippen LogP contribution is -2.19. The summed E-state index contributed by atoms with van der Waals surface area (Å²) in [5.74, 6) is -0.251. The smallest absolute Gasteiger partial charge is 0.404 e. The van der Waals surface area contributed by atoms with E-state index in [9.17, 15) is 13.2 Å². The quantitative estimate of drug-likeness (QED) is 0.815. The highest BCUT2D eigenvalue weighted by atomic mass is 19.4. The Morgan fingerprint density at radius 1 is 1.27 bits per heavy atom. The van der Waals surface area contributed by atoms with Crippen LogP contribution in [0.25, 0.3) is 0 Å². The Hall–Kier alpha value is -1.43. The number of anilines is 1. The second-order valence-electron chi connectivity index (χ2n) is 2.76. The van der Waals surface area contributed by atoms with Gasteiger partial charge in [0, 0.05) is 13.1 Å². The van der Waals surface area contributed by atoms with Gasteiger partial charge in [0.25, 0.3) is 0 Å². The van der Waals surface area contributed by atoms with Crippen LogP contribution < -0.4 is 15.8 Å². The van der Waals surface area contributed by atoms with Gasteiger partial charge in [-0.1, -0.05) is 12.1 Å². The summed E-state index contributed by atoms with van der Waals surface area (Å²) in [5.41, 5.74) is 5.51. The molecule has 0 bridgehead atoms. The Morgan fingerprint density at radius 3 is 2.53 bits per heavy atom. The first-order chi connectivity index (χ1) is 7.03. The van der Waals surface area contributed by atoms with Gasteiger partial charge in [-0.05, 0) is 12.1 Å². The fourth-order valence-corrected chi connectivity index (χ4v) is 1.03. The number of rotatable bonds is 4. The van der Waals surface area contributed by atoms with Crippen molar-refractivity contribution in [3.05, 3.63) is 24.3 Å². The average molecular weight is 220 g/mol. The molecule has 15 heavy (non-hydrogen) atoms. The molecule has 0 heterocycles. The molecular formula is C9H11F3N2O. The molecule has 0 unspecified atom stereocenters. The highest BCUT2D eigenvalue weighted by Gasteiger charge is 2.31. The van der Waals surface area contributed by atoms with Crippen LogP contribution in [0, 0.1) is 0 Å². The lowest BCUT2D eigenvalue weighted by Gasteiger charge is -2.13. The minimum Gasteiger partial charge on any atom is -0.404 e. The molecule has 0 saturated heterocycles. The zero-order chi connectivity index (χ0) is 11.3. The molecule has 0 atom stereocenters. The first-order valence-corrected chi connectivity index (χ1v) is 4.31. The summed E-state index contributed by atoms with van der Waals surface area (Å²) in [6, 6.07) is 5.82. The highest BCUT2D eigenvalue weighted by molar-refractivity contribution is 5.56. The van der Waals surface area contributed by atoms with Gasteiger partial charge in [0.05, 0.1) is 5.69 Å². The second-order valence-corrected chi connectivity index (χ2v) is 2.76. The molecule has 0 aliphatic heterocycles. The van der Waals surface area contributed by atoms with Gasteiger partial charge in [-0.15, -0.1) is 13.2 Å². The number of hydrogen-bond donors (Lipinski definition) is 2. The number of para-hydroxylation sites is 2. The molecule has 6 heteroatoms. The van der Waals surface area contributed by atoms with Crippen molar-refractivity contribution in [2.75, 3.05) is 18.4 Å². The van der Waals surface area contributed by atoms with Crippen LogP contribution in [0.2, 0.25) is 0 Å². The number of nitrogens with two attached hydrogens (primary N) is 1. The molecule has 0 aliphatic carbocycles. The third-order valence-corrected chi connectivity index (χ3v) is 1.57. The molecule has 1 aromatic rings. The van der Waals surface area contributed by atoms with Gasteiger partial charge >= 0.3 is 6.36 Å². The normalized spacial score (nSPS) is 11.2. The van der Waals surface area contributed by atoms with Crippen molar-refractivity contribution >= 4 is 5.69 Å². The van der Waals surface area contributed by atoms with E-state index < -0.39 is 6.36 Å². The summed E-state index contributed by atoms with van der Waals surface area (Å²) in [5, 5.41) is 2.74. The second kappa shape index (κ2) is 4.88. The summed E-state index contributed by atoms with van der Waals surface area (Å²) >= 11 is 0. The lowest BCUT2D eigenvalue weighted by atomic mass is 10.3. The molecule has 84 valence electrons. The van der Waals surface area contributed by atoms with Crippen molar-refractivity contribution in [1.82, 2.24) is 0 Å². The predicted octanol–water partition coefficient (Wildman–Crippen LogP) is 1.96. The van der Waals surface area contributed by atoms with Crippen LogP contribution in [0.1, 0.15) is 0 Å². The average Bonchev–Trinajstić information content (AvgIpc) is 2.14. The Kier molecular flexibility index (Phi) is 3.79. The molecule has 0 fully saturated rings. The standard InChI is InChI=1S/C9H11F3N2O/c10-9(11,12)15-8-4-2-1-3-7(8)14-6-5-13/h1-4,14H,5-6,13H2. The van der Waals surface area contributed by atoms with Crippen molar-refractivity contribution < 1.29 is 17.9 Å². The van der Waals surface area contributed by atoms with Crippen molar-refractivity contribution in [1.29, 1.82) is 0 Å². The van der Waals surface area contributed by atoms with Gasteiger partial charge in [-0.25, -0.2) is 0 Å². The number of alkyl halides is 3. The van der Waals surface area contributed by atoms with Gasteiger partial charge in [-0.3, -0.25) is 0 Å². The molecule has 1 aromatic carbocycles. The Bertz CT molecular complexity index is 314. The van der Waals surface area contributed by atoms with Gasteiger partial charge < -0.3 is 15.8 Å². The zero-order valence-electron chi connectivity index (χ0n) is 7.84. The lowest BCUT2D eigenvalue weighted by molar-refractivity contribution is -0.274. The van der Waals surface area contributed by atoms with Crippen LogP contribution in [0.3, 0.4) is 0 Å². The predicted molar refractivity (Wildman–Crippen MR) is 50.7 cm³/mol. The molecule has 0 radical (unpaired) electrons. The fraction of sp³-hybridized carbons (Fsp3) is 0.333. The number of hydrogen-bond acceptors (Lipinski definition) is 3. The highest BCUT2D eigenvalue weighted by Crippen LogP contribution is 2.29. The van der Waals surface area contributed by atoms with E-state index in [4.69, 9.17) is 5.73 Å². The van der Waals surface area contributed by atoms with Gasteiger partial charge in [0.2, 0.25) is 0 Å². The van der Waals surface area contributed by atoms with Crippen molar-refractivity contribution in [3.8, 4) is 5.75 Å².